The Morgan fingerprint density at radius 2 is 2.00 bits per heavy atom. The molecule has 0 N–H and O–H groups in total. The van der Waals surface area contributed by atoms with E-state index in [9.17, 15) is 9.18 Å². The van der Waals surface area contributed by atoms with Crippen LogP contribution in [0.15, 0.2) is 42.6 Å². The van der Waals surface area contributed by atoms with E-state index < -0.39 is 0 Å². The maximum atomic E-state index is 13.3. The number of halogens is 1. The van der Waals surface area contributed by atoms with Crippen molar-refractivity contribution >= 4 is 11.7 Å². The second kappa shape index (κ2) is 8.60. The van der Waals surface area contributed by atoms with Crippen molar-refractivity contribution in [3.05, 3.63) is 59.5 Å². The SMILES string of the molecule is CCN(Cc1cccc(F)c1)C(=O)c1ccc(N(C)CC(C)C)nc1. The maximum absolute atomic E-state index is 13.3. The van der Waals surface area contributed by atoms with E-state index >= 15 is 0 Å². The van der Waals surface area contributed by atoms with Gasteiger partial charge in [0.1, 0.15) is 11.6 Å². The Labute approximate surface area is 149 Å². The van der Waals surface area contributed by atoms with Crippen molar-refractivity contribution in [3.63, 3.8) is 0 Å². The van der Waals surface area contributed by atoms with Crippen LogP contribution in [-0.2, 0) is 6.54 Å². The van der Waals surface area contributed by atoms with Crippen LogP contribution in [0.4, 0.5) is 10.2 Å². The molecule has 0 saturated heterocycles. The highest BCUT2D eigenvalue weighted by atomic mass is 19.1. The van der Waals surface area contributed by atoms with Crippen molar-refractivity contribution in [2.75, 3.05) is 25.0 Å². The van der Waals surface area contributed by atoms with E-state index in [0.29, 0.717) is 24.6 Å². The first kappa shape index (κ1) is 18.9. The van der Waals surface area contributed by atoms with Crippen LogP contribution in [-0.4, -0.2) is 35.9 Å². The van der Waals surface area contributed by atoms with E-state index in [1.54, 1.807) is 23.2 Å². The molecule has 0 atom stereocenters. The number of rotatable bonds is 7. The summed E-state index contributed by atoms with van der Waals surface area (Å²) in [6.45, 7) is 8.04. The highest BCUT2D eigenvalue weighted by Crippen LogP contribution is 2.15. The van der Waals surface area contributed by atoms with E-state index in [2.05, 4.69) is 23.7 Å². The van der Waals surface area contributed by atoms with Gasteiger partial charge in [0.2, 0.25) is 0 Å². The number of hydrogen-bond donors (Lipinski definition) is 0. The van der Waals surface area contributed by atoms with Gasteiger partial charge in [-0.05, 0) is 42.7 Å². The highest BCUT2D eigenvalue weighted by Gasteiger charge is 2.16. The summed E-state index contributed by atoms with van der Waals surface area (Å²) in [4.78, 5) is 20.9. The molecule has 0 aliphatic heterocycles. The number of hydrogen-bond acceptors (Lipinski definition) is 3. The Morgan fingerprint density at radius 3 is 2.56 bits per heavy atom. The zero-order valence-electron chi connectivity index (χ0n) is 15.4. The largest absolute Gasteiger partial charge is 0.359 e. The molecular weight excluding hydrogens is 317 g/mol. The molecular formula is C20H26FN3O. The summed E-state index contributed by atoms with van der Waals surface area (Å²) in [6, 6.07) is 10.0. The topological polar surface area (TPSA) is 36.4 Å². The zero-order chi connectivity index (χ0) is 18.4. The number of anilines is 1. The van der Waals surface area contributed by atoms with Gasteiger partial charge in [-0.1, -0.05) is 26.0 Å². The molecule has 2 aromatic rings. The van der Waals surface area contributed by atoms with E-state index in [1.807, 2.05) is 26.1 Å². The first-order valence-electron chi connectivity index (χ1n) is 8.61. The van der Waals surface area contributed by atoms with Gasteiger partial charge in [0, 0.05) is 32.9 Å². The van der Waals surface area contributed by atoms with Crippen LogP contribution in [0.3, 0.4) is 0 Å². The lowest BCUT2D eigenvalue weighted by molar-refractivity contribution is 0.0752. The summed E-state index contributed by atoms with van der Waals surface area (Å²) in [5, 5.41) is 0. The Morgan fingerprint density at radius 1 is 1.24 bits per heavy atom. The highest BCUT2D eigenvalue weighted by molar-refractivity contribution is 5.94. The van der Waals surface area contributed by atoms with Gasteiger partial charge in [-0.2, -0.15) is 0 Å². The van der Waals surface area contributed by atoms with Crippen LogP contribution in [0.1, 0.15) is 36.7 Å². The Hall–Kier alpha value is -2.43. The number of nitrogens with zero attached hydrogens (tertiary/aromatic N) is 3. The predicted molar refractivity (Wildman–Crippen MR) is 99.2 cm³/mol. The third-order valence-corrected chi connectivity index (χ3v) is 3.96. The van der Waals surface area contributed by atoms with Crippen LogP contribution < -0.4 is 4.90 Å². The van der Waals surface area contributed by atoms with Gasteiger partial charge in [0.15, 0.2) is 0 Å². The fraction of sp³-hybridized carbons (Fsp3) is 0.400. The number of benzene rings is 1. The standard InChI is InChI=1S/C20H26FN3O/c1-5-24(14-16-7-6-8-18(21)11-16)20(25)17-9-10-19(22-12-17)23(4)13-15(2)3/h6-12,15H,5,13-14H2,1-4H3. The molecule has 4 nitrogen and oxygen atoms in total. The first-order chi connectivity index (χ1) is 11.9. The van der Waals surface area contributed by atoms with Crippen molar-refractivity contribution in [1.29, 1.82) is 0 Å². The van der Waals surface area contributed by atoms with Crippen molar-refractivity contribution < 1.29 is 9.18 Å². The normalized spacial score (nSPS) is 10.8. The lowest BCUT2D eigenvalue weighted by Crippen LogP contribution is -2.30. The average molecular weight is 343 g/mol. The van der Waals surface area contributed by atoms with Gasteiger partial charge >= 0.3 is 0 Å². The number of carbonyl (C=O) groups is 1. The molecule has 1 heterocycles. The number of pyridine rings is 1. The predicted octanol–water partition coefficient (Wildman–Crippen LogP) is 3.98. The summed E-state index contributed by atoms with van der Waals surface area (Å²) in [5.74, 6) is 0.992. The molecule has 0 radical (unpaired) electrons. The molecule has 0 aliphatic carbocycles. The number of carbonyl (C=O) groups excluding carboxylic acids is 1. The van der Waals surface area contributed by atoms with E-state index in [0.717, 1.165) is 17.9 Å². The summed E-state index contributed by atoms with van der Waals surface area (Å²) in [5.41, 5.74) is 1.32. The van der Waals surface area contributed by atoms with E-state index in [-0.39, 0.29) is 11.7 Å². The minimum atomic E-state index is -0.291. The minimum absolute atomic E-state index is 0.0997. The quantitative estimate of drug-likeness (QED) is 0.763. The van der Waals surface area contributed by atoms with Crippen LogP contribution in [0, 0.1) is 11.7 Å². The van der Waals surface area contributed by atoms with Gasteiger partial charge in [0.25, 0.3) is 5.91 Å². The molecule has 25 heavy (non-hydrogen) atoms. The Balaban J connectivity index is 2.09. The monoisotopic (exact) mass is 343 g/mol. The molecule has 1 amide bonds. The van der Waals surface area contributed by atoms with Gasteiger partial charge < -0.3 is 9.80 Å². The van der Waals surface area contributed by atoms with Gasteiger partial charge in [-0.15, -0.1) is 0 Å². The Kier molecular flexibility index (Phi) is 6.51. The number of aromatic nitrogens is 1. The van der Waals surface area contributed by atoms with Gasteiger partial charge in [-0.25, -0.2) is 9.37 Å². The first-order valence-corrected chi connectivity index (χ1v) is 8.61. The van der Waals surface area contributed by atoms with Crippen molar-refractivity contribution in [2.24, 2.45) is 5.92 Å². The van der Waals surface area contributed by atoms with Gasteiger partial charge in [0.05, 0.1) is 5.56 Å². The molecule has 134 valence electrons. The molecule has 5 heteroatoms. The second-order valence-electron chi connectivity index (χ2n) is 6.63. The van der Waals surface area contributed by atoms with E-state index in [4.69, 9.17) is 0 Å². The number of amides is 1. The summed E-state index contributed by atoms with van der Waals surface area (Å²) < 4.78 is 13.3. The summed E-state index contributed by atoms with van der Waals surface area (Å²) in [7, 11) is 1.99. The molecule has 0 spiro atoms. The summed E-state index contributed by atoms with van der Waals surface area (Å²) >= 11 is 0. The molecule has 0 fully saturated rings. The lowest BCUT2D eigenvalue weighted by atomic mass is 10.1. The maximum Gasteiger partial charge on any atom is 0.255 e. The molecule has 0 unspecified atom stereocenters. The van der Waals surface area contributed by atoms with Gasteiger partial charge in [-0.3, -0.25) is 4.79 Å². The molecule has 2 rings (SSSR count). The van der Waals surface area contributed by atoms with E-state index in [1.165, 1.54) is 12.1 Å². The molecule has 0 saturated carbocycles. The summed E-state index contributed by atoms with van der Waals surface area (Å²) in [6.07, 6.45) is 1.61. The van der Waals surface area contributed by atoms with Crippen molar-refractivity contribution in [2.45, 2.75) is 27.3 Å². The Bertz CT molecular complexity index is 700. The van der Waals surface area contributed by atoms with Crippen molar-refractivity contribution in [3.8, 4) is 0 Å². The zero-order valence-corrected chi connectivity index (χ0v) is 15.4. The third kappa shape index (κ3) is 5.28. The molecule has 0 bridgehead atoms. The van der Waals surface area contributed by atoms with Crippen LogP contribution >= 0.6 is 0 Å². The average Bonchev–Trinajstić information content (AvgIpc) is 2.58. The minimum Gasteiger partial charge on any atom is -0.359 e. The van der Waals surface area contributed by atoms with Crippen LogP contribution in [0.5, 0.6) is 0 Å². The third-order valence-electron chi connectivity index (χ3n) is 3.96. The lowest BCUT2D eigenvalue weighted by Gasteiger charge is -2.22. The molecule has 0 aliphatic rings. The van der Waals surface area contributed by atoms with Crippen LogP contribution in [0.25, 0.3) is 0 Å². The van der Waals surface area contributed by atoms with Crippen LogP contribution in [0.2, 0.25) is 0 Å². The van der Waals surface area contributed by atoms with Crippen molar-refractivity contribution in [1.82, 2.24) is 9.88 Å². The molecule has 1 aromatic carbocycles. The second-order valence-corrected chi connectivity index (χ2v) is 6.63. The fourth-order valence-corrected chi connectivity index (χ4v) is 2.75. The molecule has 1 aromatic heterocycles. The fourth-order valence-electron chi connectivity index (χ4n) is 2.75. The smallest absolute Gasteiger partial charge is 0.255 e.